The van der Waals surface area contributed by atoms with Crippen molar-refractivity contribution in [3.05, 3.63) is 57.8 Å². The lowest BCUT2D eigenvalue weighted by Gasteiger charge is -2.22. The summed E-state index contributed by atoms with van der Waals surface area (Å²) in [4.78, 5) is 34.8. The largest absolute Gasteiger partial charge is 0.493 e. The molecule has 0 fully saturated rings. The normalized spacial score (nSPS) is 13.8. The average Bonchev–Trinajstić information content (AvgIpc) is 3.44. The zero-order valence-electron chi connectivity index (χ0n) is 21.0. The van der Waals surface area contributed by atoms with Gasteiger partial charge in [0.1, 0.15) is 11.9 Å². The van der Waals surface area contributed by atoms with Crippen molar-refractivity contribution in [3.63, 3.8) is 0 Å². The summed E-state index contributed by atoms with van der Waals surface area (Å²) in [6.45, 7) is 5.28. The Morgan fingerprint density at radius 1 is 1.21 bits per heavy atom. The number of imidazole rings is 1. The number of nitrogens with one attached hydrogen (secondary N) is 1. The van der Waals surface area contributed by atoms with Gasteiger partial charge in [-0.3, -0.25) is 4.57 Å². The molecule has 38 heavy (non-hydrogen) atoms. The molecule has 4 rings (SSSR count). The molecule has 204 valence electrons. The molecular formula is C25H29F3N6O4. The smallest absolute Gasteiger partial charge is 0.393 e. The van der Waals surface area contributed by atoms with Crippen LogP contribution in [0.15, 0.2) is 35.3 Å². The van der Waals surface area contributed by atoms with Crippen LogP contribution in [0.25, 0.3) is 5.69 Å². The van der Waals surface area contributed by atoms with E-state index in [4.69, 9.17) is 0 Å². The van der Waals surface area contributed by atoms with Gasteiger partial charge < -0.3 is 20.4 Å². The number of carbonyl (C=O) groups is 1. The topological polar surface area (TPSA) is 126 Å². The molecular weight excluding hydrogens is 505 g/mol. The van der Waals surface area contributed by atoms with Gasteiger partial charge in [-0.15, -0.1) is 0 Å². The fourth-order valence-corrected chi connectivity index (χ4v) is 4.60. The van der Waals surface area contributed by atoms with Crippen molar-refractivity contribution >= 4 is 17.7 Å². The standard InChI is InChI=1S/C25H29F3N6O4/c1-3-32(4-2)23-29-14-16(13-25(26,27)28)20(31-23)30-18(22(36)37)12-15-7-9-17(10-8-15)34-21(35)19-6-5-11-33(19)24(34)38/h7-10,14,18,35H,3-6,11-13H2,1-2H3,(H,36,37)(H,29,30,31)/t18-/m1/s1. The Labute approximate surface area is 216 Å². The summed E-state index contributed by atoms with van der Waals surface area (Å²) in [6, 6.07) is 5.10. The minimum absolute atomic E-state index is 0.0706. The van der Waals surface area contributed by atoms with Crippen LogP contribution >= 0.6 is 0 Å². The highest BCUT2D eigenvalue weighted by Crippen LogP contribution is 2.28. The monoisotopic (exact) mass is 534 g/mol. The van der Waals surface area contributed by atoms with Crippen molar-refractivity contribution in [3.8, 4) is 11.6 Å². The number of anilines is 2. The molecule has 0 spiro atoms. The summed E-state index contributed by atoms with van der Waals surface area (Å²) in [5.74, 6) is -1.38. The lowest BCUT2D eigenvalue weighted by Crippen LogP contribution is -2.33. The molecule has 1 atom stereocenters. The van der Waals surface area contributed by atoms with E-state index in [1.165, 1.54) is 9.13 Å². The molecule has 0 bridgehead atoms. The van der Waals surface area contributed by atoms with Crippen LogP contribution in [-0.4, -0.2) is 60.6 Å². The van der Waals surface area contributed by atoms with Crippen LogP contribution in [0.2, 0.25) is 0 Å². The van der Waals surface area contributed by atoms with Crippen LogP contribution in [0.5, 0.6) is 5.88 Å². The van der Waals surface area contributed by atoms with Crippen LogP contribution in [-0.2, 0) is 30.6 Å². The number of nitrogens with zero attached hydrogens (tertiary/aromatic N) is 5. The molecule has 1 aliphatic heterocycles. The maximum absolute atomic E-state index is 13.2. The second kappa shape index (κ2) is 10.8. The summed E-state index contributed by atoms with van der Waals surface area (Å²) in [5, 5.41) is 23.0. The predicted octanol–water partition coefficient (Wildman–Crippen LogP) is 3.14. The fourth-order valence-electron chi connectivity index (χ4n) is 4.60. The van der Waals surface area contributed by atoms with E-state index in [0.29, 0.717) is 43.0 Å². The molecule has 10 nitrogen and oxygen atoms in total. The van der Waals surface area contributed by atoms with Crippen LogP contribution in [0, 0.1) is 0 Å². The van der Waals surface area contributed by atoms with Gasteiger partial charge in [-0.1, -0.05) is 12.1 Å². The van der Waals surface area contributed by atoms with Gasteiger partial charge in [-0.05, 0) is 44.4 Å². The van der Waals surface area contributed by atoms with Gasteiger partial charge >= 0.3 is 17.8 Å². The Balaban J connectivity index is 1.59. The molecule has 1 aliphatic rings. The van der Waals surface area contributed by atoms with Crippen LogP contribution < -0.4 is 15.9 Å². The molecule has 3 heterocycles. The number of hydrogen-bond acceptors (Lipinski definition) is 7. The van der Waals surface area contributed by atoms with Gasteiger partial charge in [0.2, 0.25) is 11.8 Å². The highest BCUT2D eigenvalue weighted by molar-refractivity contribution is 5.77. The van der Waals surface area contributed by atoms with Crippen LogP contribution in [0.3, 0.4) is 0 Å². The van der Waals surface area contributed by atoms with E-state index < -0.39 is 24.6 Å². The van der Waals surface area contributed by atoms with E-state index in [1.807, 2.05) is 13.8 Å². The highest BCUT2D eigenvalue weighted by atomic mass is 19.4. The van der Waals surface area contributed by atoms with Crippen LogP contribution in [0.4, 0.5) is 24.9 Å². The second-order valence-corrected chi connectivity index (χ2v) is 9.06. The lowest BCUT2D eigenvalue weighted by molar-refractivity contribution is -0.137. The van der Waals surface area contributed by atoms with E-state index in [9.17, 15) is 33.0 Å². The zero-order chi connectivity index (χ0) is 27.6. The molecule has 3 aromatic rings. The van der Waals surface area contributed by atoms with Crippen molar-refractivity contribution in [2.24, 2.45) is 0 Å². The number of halogens is 3. The number of aromatic hydroxyl groups is 1. The van der Waals surface area contributed by atoms with Gasteiger partial charge in [-0.25, -0.2) is 19.1 Å². The third-order valence-corrected chi connectivity index (χ3v) is 6.55. The minimum Gasteiger partial charge on any atom is -0.493 e. The minimum atomic E-state index is -4.53. The number of alkyl halides is 3. The molecule has 0 unspecified atom stereocenters. The number of aliphatic carboxylic acids is 1. The SMILES string of the molecule is CCN(CC)c1ncc(CC(F)(F)F)c(N[C@H](Cc2ccc(-n3c(O)c4n(c3=O)CCC4)cc2)C(=O)O)n1. The average molecular weight is 535 g/mol. The van der Waals surface area contributed by atoms with Crippen molar-refractivity contribution in [1.29, 1.82) is 0 Å². The Kier molecular flexibility index (Phi) is 7.65. The van der Waals surface area contributed by atoms with E-state index >= 15 is 0 Å². The third kappa shape index (κ3) is 5.60. The number of rotatable bonds is 10. The van der Waals surface area contributed by atoms with Gasteiger partial charge in [0, 0.05) is 37.8 Å². The highest BCUT2D eigenvalue weighted by Gasteiger charge is 2.31. The van der Waals surface area contributed by atoms with Gasteiger partial charge in [0.05, 0.1) is 17.8 Å². The first-order chi connectivity index (χ1) is 18.0. The molecule has 0 radical (unpaired) electrons. The van der Waals surface area contributed by atoms with Crippen LogP contribution in [0.1, 0.15) is 37.1 Å². The maximum Gasteiger partial charge on any atom is 0.393 e. The first-order valence-corrected chi connectivity index (χ1v) is 12.3. The number of aromatic nitrogens is 4. The molecule has 0 saturated heterocycles. The van der Waals surface area contributed by atoms with Crippen molar-refractivity contribution < 1.29 is 28.2 Å². The summed E-state index contributed by atoms with van der Waals surface area (Å²) in [6.07, 6.45) is -3.45. The van der Waals surface area contributed by atoms with E-state index in [0.717, 1.165) is 12.6 Å². The Hall–Kier alpha value is -4.03. The lowest BCUT2D eigenvalue weighted by atomic mass is 10.0. The van der Waals surface area contributed by atoms with E-state index in [2.05, 4.69) is 15.3 Å². The quantitative estimate of drug-likeness (QED) is 0.362. The number of benzene rings is 1. The van der Waals surface area contributed by atoms with Crippen molar-refractivity contribution in [2.45, 2.75) is 58.3 Å². The van der Waals surface area contributed by atoms with Gasteiger partial charge in [-0.2, -0.15) is 18.2 Å². The number of carboxylic acids is 1. The zero-order valence-corrected chi connectivity index (χ0v) is 21.0. The molecule has 1 aromatic carbocycles. The van der Waals surface area contributed by atoms with Gasteiger partial charge in [0.25, 0.3) is 0 Å². The number of hydrogen-bond donors (Lipinski definition) is 3. The molecule has 2 aromatic heterocycles. The van der Waals surface area contributed by atoms with E-state index in [-0.39, 0.29) is 35.3 Å². The van der Waals surface area contributed by atoms with Gasteiger partial charge in [0.15, 0.2) is 0 Å². The summed E-state index contributed by atoms with van der Waals surface area (Å²) >= 11 is 0. The third-order valence-electron chi connectivity index (χ3n) is 6.55. The Morgan fingerprint density at radius 3 is 2.47 bits per heavy atom. The number of carboxylic acid groups (broad SMARTS) is 1. The first-order valence-electron chi connectivity index (χ1n) is 12.3. The molecule has 0 aliphatic carbocycles. The van der Waals surface area contributed by atoms with Crippen molar-refractivity contribution in [1.82, 2.24) is 19.1 Å². The fraction of sp³-hybridized carbons (Fsp3) is 0.440. The Bertz CT molecular complexity index is 1360. The van der Waals surface area contributed by atoms with Crippen molar-refractivity contribution in [2.75, 3.05) is 23.3 Å². The summed E-state index contributed by atoms with van der Waals surface area (Å²) in [7, 11) is 0. The first kappa shape index (κ1) is 27.0. The molecule has 0 saturated carbocycles. The molecule has 3 N–H and O–H groups in total. The molecule has 13 heteroatoms. The van der Waals surface area contributed by atoms with E-state index in [1.54, 1.807) is 29.2 Å². The number of fused-ring (bicyclic) bond motifs is 1. The molecule has 0 amide bonds. The predicted molar refractivity (Wildman–Crippen MR) is 134 cm³/mol. The Morgan fingerprint density at radius 2 is 1.89 bits per heavy atom. The maximum atomic E-state index is 13.2. The summed E-state index contributed by atoms with van der Waals surface area (Å²) in [5.41, 5.74) is 0.954. The second-order valence-electron chi connectivity index (χ2n) is 9.06. The summed E-state index contributed by atoms with van der Waals surface area (Å²) < 4.78 is 42.3.